The van der Waals surface area contributed by atoms with E-state index in [4.69, 9.17) is 0 Å². The molecule has 23 heavy (non-hydrogen) atoms. The Labute approximate surface area is 141 Å². The molecule has 4 nitrogen and oxygen atoms in total. The predicted molar refractivity (Wildman–Crippen MR) is 94.2 cm³/mol. The van der Waals surface area contributed by atoms with Crippen molar-refractivity contribution in [1.29, 1.82) is 0 Å². The number of sulfone groups is 1. The van der Waals surface area contributed by atoms with Gasteiger partial charge in [0.15, 0.2) is 9.84 Å². The average Bonchev–Trinajstić information content (AvgIpc) is 2.95. The molecule has 0 bridgehead atoms. The van der Waals surface area contributed by atoms with E-state index >= 15 is 0 Å². The van der Waals surface area contributed by atoms with Gasteiger partial charge >= 0.3 is 0 Å². The second-order valence-corrected chi connectivity index (χ2v) is 8.69. The Morgan fingerprint density at radius 3 is 2.61 bits per heavy atom. The van der Waals surface area contributed by atoms with Crippen LogP contribution in [0.15, 0.2) is 35.0 Å². The van der Waals surface area contributed by atoms with Crippen molar-refractivity contribution in [2.45, 2.75) is 26.1 Å². The van der Waals surface area contributed by atoms with Gasteiger partial charge in [0.2, 0.25) is 5.91 Å². The number of nitrogens with zero attached hydrogens (tertiary/aromatic N) is 1. The number of rotatable bonds is 6. The Morgan fingerprint density at radius 1 is 1.22 bits per heavy atom. The molecular weight excluding hydrogens is 330 g/mol. The van der Waals surface area contributed by atoms with Crippen LogP contribution in [0, 0.1) is 13.8 Å². The van der Waals surface area contributed by atoms with E-state index in [2.05, 4.69) is 0 Å². The average molecular weight is 351 g/mol. The van der Waals surface area contributed by atoms with Crippen LogP contribution >= 0.6 is 11.3 Å². The summed E-state index contributed by atoms with van der Waals surface area (Å²) in [6, 6.07) is 7.65. The van der Waals surface area contributed by atoms with Gasteiger partial charge < -0.3 is 4.90 Å². The Bertz CT molecular complexity index is 780. The van der Waals surface area contributed by atoms with Crippen molar-refractivity contribution in [3.05, 3.63) is 57.3 Å². The molecule has 0 N–H and O–H groups in total. The number of aryl methyl sites for hydroxylation is 2. The third-order valence-electron chi connectivity index (χ3n) is 3.65. The van der Waals surface area contributed by atoms with Gasteiger partial charge in [-0.3, -0.25) is 4.79 Å². The van der Waals surface area contributed by atoms with Crippen LogP contribution in [0.3, 0.4) is 0 Å². The molecule has 0 spiro atoms. The van der Waals surface area contributed by atoms with Crippen LogP contribution in [0.2, 0.25) is 0 Å². The summed E-state index contributed by atoms with van der Waals surface area (Å²) in [6.07, 6.45) is 0. The zero-order valence-corrected chi connectivity index (χ0v) is 15.2. The van der Waals surface area contributed by atoms with Gasteiger partial charge in [0.05, 0.1) is 5.75 Å². The smallest absolute Gasteiger partial charge is 0.237 e. The van der Waals surface area contributed by atoms with Crippen LogP contribution in [0.1, 0.15) is 22.3 Å². The van der Waals surface area contributed by atoms with E-state index in [-0.39, 0.29) is 11.7 Å². The van der Waals surface area contributed by atoms with Crippen molar-refractivity contribution < 1.29 is 13.2 Å². The molecule has 0 atom stereocenters. The van der Waals surface area contributed by atoms with Gasteiger partial charge in [-0.1, -0.05) is 23.8 Å². The fraction of sp³-hybridized carbons (Fsp3) is 0.353. The van der Waals surface area contributed by atoms with Crippen molar-refractivity contribution in [1.82, 2.24) is 4.90 Å². The number of hydrogen-bond donors (Lipinski definition) is 0. The van der Waals surface area contributed by atoms with Crippen molar-refractivity contribution >= 4 is 27.1 Å². The van der Waals surface area contributed by atoms with Crippen LogP contribution in [-0.2, 0) is 26.9 Å². The van der Waals surface area contributed by atoms with Crippen LogP contribution in [0.25, 0.3) is 0 Å². The maximum absolute atomic E-state index is 12.3. The quantitative estimate of drug-likeness (QED) is 0.804. The first-order valence-electron chi connectivity index (χ1n) is 7.28. The molecule has 0 aliphatic carbocycles. The fourth-order valence-corrected chi connectivity index (χ4v) is 4.43. The predicted octanol–water partition coefficient (Wildman–Crippen LogP) is 2.94. The monoisotopic (exact) mass is 351 g/mol. The second-order valence-electron chi connectivity index (χ2n) is 5.84. The summed E-state index contributed by atoms with van der Waals surface area (Å²) in [5.41, 5.74) is 3.72. The van der Waals surface area contributed by atoms with Crippen LogP contribution in [0.4, 0.5) is 0 Å². The van der Waals surface area contributed by atoms with Gasteiger partial charge in [-0.25, -0.2) is 8.42 Å². The number of carbonyl (C=O) groups excluding carboxylic acids is 1. The van der Waals surface area contributed by atoms with Gasteiger partial charge in [0.1, 0.15) is 5.75 Å². The minimum atomic E-state index is -3.49. The maximum atomic E-state index is 12.3. The molecule has 0 aliphatic rings. The van der Waals surface area contributed by atoms with Crippen LogP contribution < -0.4 is 0 Å². The lowest BCUT2D eigenvalue weighted by Crippen LogP contribution is -2.32. The number of benzene rings is 1. The lowest BCUT2D eigenvalue weighted by Gasteiger charge is -2.17. The summed E-state index contributed by atoms with van der Waals surface area (Å²) < 4.78 is 24.7. The Kier molecular flexibility index (Phi) is 5.59. The van der Waals surface area contributed by atoms with Gasteiger partial charge in [0, 0.05) is 13.6 Å². The first-order chi connectivity index (χ1) is 10.8. The summed E-state index contributed by atoms with van der Waals surface area (Å²) in [5, 5.41) is 3.89. The molecule has 2 rings (SSSR count). The topological polar surface area (TPSA) is 54.5 Å². The van der Waals surface area contributed by atoms with Gasteiger partial charge in [-0.05, 0) is 47.4 Å². The zero-order chi connectivity index (χ0) is 17.0. The van der Waals surface area contributed by atoms with Crippen LogP contribution in [0.5, 0.6) is 0 Å². The molecule has 1 aromatic carbocycles. The molecule has 0 saturated heterocycles. The largest absolute Gasteiger partial charge is 0.341 e. The van der Waals surface area contributed by atoms with Gasteiger partial charge in [-0.15, -0.1) is 0 Å². The van der Waals surface area contributed by atoms with Gasteiger partial charge in [0.25, 0.3) is 0 Å². The van der Waals surface area contributed by atoms with E-state index in [1.54, 1.807) is 18.4 Å². The molecule has 1 amide bonds. The summed E-state index contributed by atoms with van der Waals surface area (Å²) in [5.74, 6) is -0.930. The molecule has 1 aromatic heterocycles. The highest BCUT2D eigenvalue weighted by molar-refractivity contribution is 7.91. The molecule has 0 radical (unpaired) electrons. The van der Waals surface area contributed by atoms with Crippen LogP contribution in [-0.4, -0.2) is 32.0 Å². The minimum Gasteiger partial charge on any atom is -0.341 e. The van der Waals surface area contributed by atoms with Crippen molar-refractivity contribution in [2.24, 2.45) is 0 Å². The zero-order valence-electron chi connectivity index (χ0n) is 13.6. The van der Waals surface area contributed by atoms with E-state index in [1.165, 1.54) is 4.90 Å². The Balaban J connectivity index is 2.02. The van der Waals surface area contributed by atoms with E-state index in [0.29, 0.717) is 6.54 Å². The highest BCUT2D eigenvalue weighted by Gasteiger charge is 2.21. The van der Waals surface area contributed by atoms with E-state index in [1.807, 2.05) is 48.9 Å². The summed E-state index contributed by atoms with van der Waals surface area (Å²) in [4.78, 5) is 13.6. The number of hydrogen-bond acceptors (Lipinski definition) is 4. The molecule has 0 unspecified atom stereocenters. The van der Waals surface area contributed by atoms with Crippen molar-refractivity contribution in [3.63, 3.8) is 0 Å². The molecular formula is C17H21NO3S2. The highest BCUT2D eigenvalue weighted by atomic mass is 32.2. The number of thiophene rings is 1. The Morgan fingerprint density at radius 2 is 1.96 bits per heavy atom. The molecule has 6 heteroatoms. The third kappa shape index (κ3) is 5.18. The summed E-state index contributed by atoms with van der Waals surface area (Å²) in [6.45, 7) is 4.24. The Hall–Kier alpha value is -1.66. The summed E-state index contributed by atoms with van der Waals surface area (Å²) in [7, 11) is -1.85. The van der Waals surface area contributed by atoms with Gasteiger partial charge in [-0.2, -0.15) is 11.3 Å². The van der Waals surface area contributed by atoms with E-state index < -0.39 is 15.6 Å². The lowest BCUT2D eigenvalue weighted by atomic mass is 10.1. The number of amides is 1. The molecule has 0 aliphatic heterocycles. The van der Waals surface area contributed by atoms with E-state index in [0.717, 1.165) is 22.3 Å². The minimum absolute atomic E-state index is 0.0987. The first kappa shape index (κ1) is 17.7. The maximum Gasteiger partial charge on any atom is 0.237 e. The third-order valence-corrected chi connectivity index (χ3v) is 5.82. The normalized spacial score (nSPS) is 11.4. The van der Waals surface area contributed by atoms with Crippen molar-refractivity contribution in [3.8, 4) is 0 Å². The second kappa shape index (κ2) is 7.27. The molecule has 1 heterocycles. The lowest BCUT2D eigenvalue weighted by molar-refractivity contribution is -0.127. The molecule has 0 fully saturated rings. The standard InChI is InChI=1S/C17H21NO3S2/c1-13-4-5-14(2)16(8-13)11-23(20,21)12-17(19)18(3)9-15-6-7-22-10-15/h4-8,10H,9,11-12H2,1-3H3. The van der Waals surface area contributed by atoms with E-state index in [9.17, 15) is 13.2 Å². The van der Waals surface area contributed by atoms with Crippen molar-refractivity contribution in [2.75, 3.05) is 12.8 Å². The molecule has 2 aromatic rings. The molecule has 124 valence electrons. The first-order valence-corrected chi connectivity index (χ1v) is 10.0. The summed E-state index contributed by atoms with van der Waals surface area (Å²) >= 11 is 1.55. The fourth-order valence-electron chi connectivity index (χ4n) is 2.29. The number of carbonyl (C=O) groups is 1. The molecule has 0 saturated carbocycles. The SMILES string of the molecule is Cc1ccc(C)c(CS(=O)(=O)CC(=O)N(C)Cc2ccsc2)c1. The highest BCUT2D eigenvalue weighted by Crippen LogP contribution is 2.15.